The van der Waals surface area contributed by atoms with Crippen molar-refractivity contribution < 1.29 is 9.47 Å². The van der Waals surface area contributed by atoms with Gasteiger partial charge in [-0.05, 0) is 139 Å². The van der Waals surface area contributed by atoms with Crippen LogP contribution in [0, 0.1) is 45.4 Å². The van der Waals surface area contributed by atoms with Crippen molar-refractivity contribution in [3.05, 3.63) is 130 Å². The maximum atomic E-state index is 6.97. The molecule has 0 bridgehead atoms. The molecule has 4 aromatic carbocycles. The van der Waals surface area contributed by atoms with Crippen molar-refractivity contribution in [3.8, 4) is 22.6 Å². The number of hydrogen-bond donors (Lipinski definition) is 0. The van der Waals surface area contributed by atoms with Gasteiger partial charge in [-0.2, -0.15) is 0 Å². The molecule has 0 unspecified atom stereocenters. The van der Waals surface area contributed by atoms with Crippen LogP contribution in [0.4, 0.5) is 17.2 Å². The standard InChI is InChI=1S/C51H61N3O2/c1-30(2)47(31(3)4)51(14)29-55-48(53-51)37-24-36(46-34(7)21-33(6)22-35(46)8)25-40(26-37)56-39-16-17-41-44(28-39)54(45-27-38(19-20-52-45)49(9,10)11)43-18-15-32(5)23-42(43)50(41,12)13/h15-28,30-31,47H,29H2,1-14H3/t51-/m0/s1. The fourth-order valence-corrected chi connectivity index (χ4v) is 9.90. The number of hydrogen-bond acceptors (Lipinski definition) is 5. The van der Waals surface area contributed by atoms with Crippen LogP contribution in [0.15, 0.2) is 90.1 Å². The second-order valence-electron chi connectivity index (χ2n) is 19.0. The first-order valence-corrected chi connectivity index (χ1v) is 20.4. The lowest BCUT2D eigenvalue weighted by atomic mass is 9.72. The zero-order chi connectivity index (χ0) is 40.5. The molecule has 0 N–H and O–H groups in total. The lowest BCUT2D eigenvalue weighted by molar-refractivity contribution is 0.129. The summed E-state index contributed by atoms with van der Waals surface area (Å²) in [4.78, 5) is 12.7. The van der Waals surface area contributed by atoms with Gasteiger partial charge in [0.25, 0.3) is 0 Å². The number of fused-ring (bicyclic) bond motifs is 2. The van der Waals surface area contributed by atoms with Gasteiger partial charge in [-0.25, -0.2) is 9.98 Å². The van der Waals surface area contributed by atoms with E-state index in [4.69, 9.17) is 19.5 Å². The Morgan fingerprint density at radius 1 is 0.696 bits per heavy atom. The molecule has 1 aromatic heterocycles. The second-order valence-corrected chi connectivity index (χ2v) is 19.0. The number of ether oxygens (including phenoxy) is 2. The summed E-state index contributed by atoms with van der Waals surface area (Å²) in [5.74, 6) is 4.42. The minimum absolute atomic E-state index is 0.0250. The Morgan fingerprint density at radius 2 is 1.38 bits per heavy atom. The summed E-state index contributed by atoms with van der Waals surface area (Å²) < 4.78 is 13.5. The largest absolute Gasteiger partial charge is 0.475 e. The minimum atomic E-state index is -0.313. The average molecular weight is 748 g/mol. The van der Waals surface area contributed by atoms with Gasteiger partial charge in [-0.15, -0.1) is 0 Å². The fraction of sp³-hybridized carbons (Fsp3) is 0.412. The first-order chi connectivity index (χ1) is 26.3. The molecule has 0 amide bonds. The smallest absolute Gasteiger partial charge is 0.216 e. The normalized spacial score (nSPS) is 17.6. The van der Waals surface area contributed by atoms with Crippen LogP contribution >= 0.6 is 0 Å². The molecule has 0 saturated heterocycles. The third kappa shape index (κ3) is 7.14. The molecule has 0 saturated carbocycles. The van der Waals surface area contributed by atoms with Crippen LogP contribution in [-0.4, -0.2) is 23.0 Å². The maximum Gasteiger partial charge on any atom is 0.216 e. The van der Waals surface area contributed by atoms with E-state index in [-0.39, 0.29) is 16.4 Å². The summed E-state index contributed by atoms with van der Waals surface area (Å²) in [6.45, 7) is 32.1. The van der Waals surface area contributed by atoms with Crippen LogP contribution in [0.1, 0.15) is 114 Å². The first-order valence-electron chi connectivity index (χ1n) is 20.4. The van der Waals surface area contributed by atoms with Crippen molar-refractivity contribution in [2.24, 2.45) is 22.7 Å². The topological polar surface area (TPSA) is 47.0 Å². The Balaban J connectivity index is 1.37. The monoisotopic (exact) mass is 747 g/mol. The van der Waals surface area contributed by atoms with E-state index in [1.807, 2.05) is 6.20 Å². The quantitative estimate of drug-likeness (QED) is 0.159. The molecular weight excluding hydrogens is 687 g/mol. The number of rotatable bonds is 8. The van der Waals surface area contributed by atoms with Gasteiger partial charge >= 0.3 is 0 Å². The molecule has 5 aromatic rings. The summed E-state index contributed by atoms with van der Waals surface area (Å²) in [7, 11) is 0. The third-order valence-electron chi connectivity index (χ3n) is 12.2. The Labute approximate surface area is 336 Å². The highest BCUT2D eigenvalue weighted by Crippen LogP contribution is 2.53. The maximum absolute atomic E-state index is 6.97. The van der Waals surface area contributed by atoms with E-state index in [9.17, 15) is 0 Å². The molecule has 3 heterocycles. The van der Waals surface area contributed by atoms with E-state index in [0.29, 0.717) is 30.3 Å². The Hall–Kier alpha value is -4.90. The highest BCUT2D eigenvalue weighted by atomic mass is 16.5. The van der Waals surface area contributed by atoms with Crippen molar-refractivity contribution in [3.63, 3.8) is 0 Å². The molecule has 0 aliphatic carbocycles. The van der Waals surface area contributed by atoms with Crippen LogP contribution in [0.2, 0.25) is 0 Å². The summed E-state index contributed by atoms with van der Waals surface area (Å²) in [5, 5.41) is 0. The van der Waals surface area contributed by atoms with Gasteiger partial charge in [-0.3, -0.25) is 4.90 Å². The molecule has 2 aliphatic heterocycles. The SMILES string of the molecule is Cc1cc(C)c(-c2cc(Oc3ccc4c(c3)N(c3cc(C(C)(C)C)ccn3)c3ccc(C)cc3C4(C)C)cc(C3=N[C@](C)(C(C(C)C)C(C)C)CO3)c2)c(C)c1. The Kier molecular flexibility index (Phi) is 10.0. The van der Waals surface area contributed by atoms with Crippen molar-refractivity contribution in [1.82, 2.24) is 4.98 Å². The summed E-state index contributed by atoms with van der Waals surface area (Å²) in [6, 6.07) is 28.7. The predicted octanol–water partition coefficient (Wildman–Crippen LogP) is 13.6. The number of pyridine rings is 1. The molecule has 0 radical (unpaired) electrons. The van der Waals surface area contributed by atoms with Gasteiger partial charge in [0.1, 0.15) is 23.9 Å². The van der Waals surface area contributed by atoms with Crippen molar-refractivity contribution in [2.75, 3.05) is 11.5 Å². The van der Waals surface area contributed by atoms with Gasteiger partial charge in [0.15, 0.2) is 0 Å². The van der Waals surface area contributed by atoms with E-state index in [2.05, 4.69) is 181 Å². The van der Waals surface area contributed by atoms with Gasteiger partial charge < -0.3 is 9.47 Å². The van der Waals surface area contributed by atoms with Crippen LogP contribution in [0.5, 0.6) is 11.5 Å². The molecule has 56 heavy (non-hydrogen) atoms. The Bertz CT molecular complexity index is 2310. The number of aryl methyl sites for hydroxylation is 4. The molecule has 2 aliphatic rings. The lowest BCUT2D eigenvalue weighted by Crippen LogP contribution is -2.40. The van der Waals surface area contributed by atoms with Gasteiger partial charge in [0, 0.05) is 23.2 Å². The molecule has 5 nitrogen and oxygen atoms in total. The summed E-state index contributed by atoms with van der Waals surface area (Å²) >= 11 is 0. The van der Waals surface area contributed by atoms with Crippen LogP contribution in [0.25, 0.3) is 11.1 Å². The van der Waals surface area contributed by atoms with Crippen LogP contribution in [0.3, 0.4) is 0 Å². The minimum Gasteiger partial charge on any atom is -0.475 e. The zero-order valence-electron chi connectivity index (χ0n) is 36.2. The van der Waals surface area contributed by atoms with E-state index >= 15 is 0 Å². The van der Waals surface area contributed by atoms with E-state index in [0.717, 1.165) is 39.8 Å². The molecule has 5 heteroatoms. The van der Waals surface area contributed by atoms with Crippen molar-refractivity contribution in [2.45, 2.75) is 113 Å². The number of aliphatic imine (C=N–C) groups is 1. The molecule has 292 valence electrons. The van der Waals surface area contributed by atoms with Gasteiger partial charge in [-0.1, -0.05) is 104 Å². The van der Waals surface area contributed by atoms with E-state index in [1.54, 1.807) is 0 Å². The van der Waals surface area contributed by atoms with Crippen molar-refractivity contribution >= 4 is 23.1 Å². The highest BCUT2D eigenvalue weighted by molar-refractivity contribution is 5.97. The fourth-order valence-electron chi connectivity index (χ4n) is 9.90. The first kappa shape index (κ1) is 39.3. The summed E-state index contributed by atoms with van der Waals surface area (Å²) in [6.07, 6.45) is 1.94. The summed E-state index contributed by atoms with van der Waals surface area (Å²) in [5.41, 5.74) is 13.6. The van der Waals surface area contributed by atoms with Crippen LogP contribution < -0.4 is 9.64 Å². The van der Waals surface area contributed by atoms with Crippen molar-refractivity contribution in [1.29, 1.82) is 0 Å². The third-order valence-corrected chi connectivity index (χ3v) is 12.2. The predicted molar refractivity (Wildman–Crippen MR) is 235 cm³/mol. The number of benzene rings is 4. The number of anilines is 3. The van der Waals surface area contributed by atoms with E-state index in [1.165, 1.54) is 44.5 Å². The van der Waals surface area contributed by atoms with Gasteiger partial charge in [0.2, 0.25) is 5.90 Å². The number of aromatic nitrogens is 1. The molecule has 0 fully saturated rings. The molecular formula is C51H61N3O2. The average Bonchev–Trinajstić information content (AvgIpc) is 3.49. The van der Waals surface area contributed by atoms with Gasteiger partial charge in [0.05, 0.1) is 16.9 Å². The molecule has 0 spiro atoms. The zero-order valence-corrected chi connectivity index (χ0v) is 36.2. The lowest BCUT2D eigenvalue weighted by Gasteiger charge is -2.42. The number of nitrogens with zero attached hydrogens (tertiary/aromatic N) is 3. The Morgan fingerprint density at radius 3 is 2.04 bits per heavy atom. The van der Waals surface area contributed by atoms with E-state index < -0.39 is 0 Å². The molecule has 7 rings (SSSR count). The highest BCUT2D eigenvalue weighted by Gasteiger charge is 2.43. The molecule has 1 atom stereocenters. The van der Waals surface area contributed by atoms with Crippen LogP contribution in [-0.2, 0) is 15.6 Å². The second kappa shape index (κ2) is 14.2.